The summed E-state index contributed by atoms with van der Waals surface area (Å²) in [4.78, 5) is 34.9. The van der Waals surface area contributed by atoms with Crippen molar-refractivity contribution in [2.45, 2.75) is 6.54 Å². The van der Waals surface area contributed by atoms with Gasteiger partial charge in [0.25, 0.3) is 5.69 Å². The molecule has 29 heavy (non-hydrogen) atoms. The number of nitrogens with two attached hydrogens (primary N) is 1. The first-order valence-corrected chi connectivity index (χ1v) is 8.78. The zero-order valence-electron chi connectivity index (χ0n) is 15.1. The molecule has 1 heterocycles. The van der Waals surface area contributed by atoms with Gasteiger partial charge in [0.05, 0.1) is 17.0 Å². The van der Waals surface area contributed by atoms with Gasteiger partial charge in [0.1, 0.15) is 0 Å². The largest absolute Gasteiger partial charge is 0.477 e. The van der Waals surface area contributed by atoms with Crippen LogP contribution >= 0.6 is 0 Å². The summed E-state index contributed by atoms with van der Waals surface area (Å²) < 4.78 is 1.46. The monoisotopic (exact) mass is 392 g/mol. The Balaban J connectivity index is 2.03. The maximum absolute atomic E-state index is 12.6. The molecule has 0 fully saturated rings. The van der Waals surface area contributed by atoms with Gasteiger partial charge in [-0.15, -0.1) is 0 Å². The van der Waals surface area contributed by atoms with Gasteiger partial charge < -0.3 is 10.8 Å². The number of hydrogen-bond donors (Lipinski definition) is 3. The summed E-state index contributed by atoms with van der Waals surface area (Å²) >= 11 is 0. The molecule has 0 bridgehead atoms. The Labute approximate surface area is 163 Å². The first-order chi connectivity index (χ1) is 13.9. The molecule has 4 aromatic rings. The fraction of sp³-hybridized carbons (Fsp3) is 0.100. The zero-order valence-corrected chi connectivity index (χ0v) is 15.1. The second kappa shape index (κ2) is 6.88. The number of fused-ring (bicyclic) bond motifs is 3. The SMILES string of the molecule is NCCn1[nH]c2c(ccc3cc(=O)c(-c4cccc([N+](=O)[O-])c4)cc32)c1C(=O)O. The van der Waals surface area contributed by atoms with Gasteiger partial charge in [0.15, 0.2) is 11.1 Å². The molecule has 146 valence electrons. The molecule has 4 N–H and O–H groups in total. The van der Waals surface area contributed by atoms with Gasteiger partial charge in [-0.25, -0.2) is 4.79 Å². The fourth-order valence-electron chi connectivity index (χ4n) is 3.55. The number of aromatic nitrogens is 2. The molecule has 0 saturated carbocycles. The molecule has 0 aliphatic carbocycles. The van der Waals surface area contributed by atoms with Gasteiger partial charge in [-0.1, -0.05) is 18.2 Å². The van der Waals surface area contributed by atoms with E-state index in [0.717, 1.165) is 0 Å². The molecule has 0 amide bonds. The molecule has 3 aromatic carbocycles. The number of carbonyl (C=O) groups is 1. The Bertz CT molecular complexity index is 1350. The van der Waals surface area contributed by atoms with Gasteiger partial charge in [-0.3, -0.25) is 24.7 Å². The first-order valence-electron chi connectivity index (χ1n) is 8.78. The van der Waals surface area contributed by atoms with Gasteiger partial charge in [-0.2, -0.15) is 0 Å². The van der Waals surface area contributed by atoms with Crippen molar-refractivity contribution in [2.75, 3.05) is 6.54 Å². The normalized spacial score (nSPS) is 11.2. The first kappa shape index (κ1) is 18.4. The van der Waals surface area contributed by atoms with Crippen LogP contribution in [0.1, 0.15) is 10.5 Å². The number of carboxylic acids is 1. The van der Waals surface area contributed by atoms with Crippen LogP contribution in [-0.4, -0.2) is 32.3 Å². The van der Waals surface area contributed by atoms with Crippen LogP contribution in [0, 0.1) is 10.1 Å². The van der Waals surface area contributed by atoms with Crippen molar-refractivity contribution in [3.05, 3.63) is 74.6 Å². The number of aromatic amines is 1. The molecule has 0 saturated heterocycles. The van der Waals surface area contributed by atoms with Gasteiger partial charge in [0.2, 0.25) is 0 Å². The Hall–Kier alpha value is -3.98. The number of nitrogens with zero attached hydrogens (tertiary/aromatic N) is 2. The molecule has 1 aromatic heterocycles. The van der Waals surface area contributed by atoms with Crippen molar-refractivity contribution in [1.29, 1.82) is 0 Å². The molecular formula is C20H16N4O5. The number of aromatic carboxylic acids is 1. The minimum Gasteiger partial charge on any atom is -0.477 e. The van der Waals surface area contributed by atoms with Gasteiger partial charge in [-0.05, 0) is 29.1 Å². The standard InChI is InChI=1S/C20H16N4O5/c21-6-7-23-19(20(26)27)14-5-4-12-9-17(25)15(10-16(12)18(14)22-23)11-2-1-3-13(8-11)24(28)29/h1-5,8-10,22H,6-7,21H2,(H,26,27). The summed E-state index contributed by atoms with van der Waals surface area (Å²) in [6.07, 6.45) is 0. The molecular weight excluding hydrogens is 376 g/mol. The number of hydrogen-bond acceptors (Lipinski definition) is 5. The second-order valence-corrected chi connectivity index (χ2v) is 6.57. The number of H-pyrrole nitrogens is 1. The molecule has 9 nitrogen and oxygen atoms in total. The second-order valence-electron chi connectivity index (χ2n) is 6.57. The zero-order chi connectivity index (χ0) is 20.7. The third-order valence-corrected chi connectivity index (χ3v) is 4.82. The summed E-state index contributed by atoms with van der Waals surface area (Å²) in [5, 5.41) is 25.5. The summed E-state index contributed by atoms with van der Waals surface area (Å²) in [7, 11) is 0. The van der Waals surface area contributed by atoms with Gasteiger partial charge in [0, 0.05) is 35.0 Å². The average Bonchev–Trinajstić information content (AvgIpc) is 3.06. The summed E-state index contributed by atoms with van der Waals surface area (Å²) in [6, 6.07) is 12.2. The topological polar surface area (TPSA) is 144 Å². The highest BCUT2D eigenvalue weighted by Crippen LogP contribution is 2.30. The third kappa shape index (κ3) is 3.03. The molecule has 0 radical (unpaired) electrons. The summed E-state index contributed by atoms with van der Waals surface area (Å²) in [5.74, 6) is -1.09. The van der Waals surface area contributed by atoms with Crippen LogP contribution in [0.4, 0.5) is 5.69 Å². The Morgan fingerprint density at radius 1 is 1.17 bits per heavy atom. The third-order valence-electron chi connectivity index (χ3n) is 4.82. The highest BCUT2D eigenvalue weighted by Gasteiger charge is 2.19. The van der Waals surface area contributed by atoms with Crippen LogP contribution in [0.3, 0.4) is 0 Å². The van der Waals surface area contributed by atoms with E-state index in [9.17, 15) is 24.8 Å². The molecule has 9 heteroatoms. The van der Waals surface area contributed by atoms with E-state index in [4.69, 9.17) is 5.73 Å². The number of carboxylic acid groups (broad SMARTS) is 1. The van der Waals surface area contributed by atoms with Crippen molar-refractivity contribution in [3.63, 3.8) is 0 Å². The van der Waals surface area contributed by atoms with E-state index in [-0.39, 0.29) is 29.9 Å². The predicted molar refractivity (Wildman–Crippen MR) is 108 cm³/mol. The van der Waals surface area contributed by atoms with Crippen molar-refractivity contribution in [1.82, 2.24) is 9.78 Å². The van der Waals surface area contributed by atoms with Crippen LogP contribution in [0.15, 0.2) is 53.3 Å². The average molecular weight is 392 g/mol. The highest BCUT2D eigenvalue weighted by molar-refractivity contribution is 6.12. The number of nitro groups is 1. The maximum Gasteiger partial charge on any atom is 0.354 e. The molecule has 4 rings (SSSR count). The molecule has 0 unspecified atom stereocenters. The van der Waals surface area contributed by atoms with Crippen LogP contribution in [0.25, 0.3) is 32.8 Å². The van der Waals surface area contributed by atoms with E-state index in [1.165, 1.54) is 28.9 Å². The maximum atomic E-state index is 12.6. The van der Waals surface area contributed by atoms with E-state index in [1.807, 2.05) is 0 Å². The Morgan fingerprint density at radius 2 is 1.97 bits per heavy atom. The molecule has 0 aliphatic rings. The van der Waals surface area contributed by atoms with Crippen LogP contribution in [0.5, 0.6) is 0 Å². The van der Waals surface area contributed by atoms with Crippen molar-refractivity contribution >= 4 is 33.3 Å². The summed E-state index contributed by atoms with van der Waals surface area (Å²) in [6.45, 7) is 0.536. The molecule has 0 spiro atoms. The van der Waals surface area contributed by atoms with Crippen molar-refractivity contribution < 1.29 is 14.8 Å². The molecule has 0 atom stereocenters. The Morgan fingerprint density at radius 3 is 2.66 bits per heavy atom. The predicted octanol–water partition coefficient (Wildman–Crippen LogP) is 2.71. The van der Waals surface area contributed by atoms with E-state index in [1.54, 1.807) is 24.3 Å². The number of non-ortho nitro benzene ring substituents is 1. The van der Waals surface area contributed by atoms with E-state index in [2.05, 4.69) is 5.10 Å². The number of rotatable bonds is 5. The fourth-order valence-corrected chi connectivity index (χ4v) is 3.55. The molecule has 0 aliphatic heterocycles. The number of nitro benzene ring substituents is 1. The number of benzene rings is 3. The Kier molecular flexibility index (Phi) is 4.36. The minimum absolute atomic E-state index is 0.0791. The van der Waals surface area contributed by atoms with Crippen LogP contribution in [0.2, 0.25) is 0 Å². The number of nitrogens with one attached hydrogen (secondary N) is 1. The van der Waals surface area contributed by atoms with Crippen LogP contribution < -0.4 is 11.2 Å². The smallest absolute Gasteiger partial charge is 0.354 e. The lowest BCUT2D eigenvalue weighted by molar-refractivity contribution is -0.384. The van der Waals surface area contributed by atoms with E-state index < -0.39 is 10.9 Å². The van der Waals surface area contributed by atoms with Crippen molar-refractivity contribution in [3.8, 4) is 11.1 Å². The highest BCUT2D eigenvalue weighted by atomic mass is 16.6. The van der Waals surface area contributed by atoms with Crippen LogP contribution in [-0.2, 0) is 6.54 Å². The summed E-state index contributed by atoms with van der Waals surface area (Å²) in [5.41, 5.74) is 6.55. The van der Waals surface area contributed by atoms with E-state index in [0.29, 0.717) is 32.8 Å². The van der Waals surface area contributed by atoms with E-state index >= 15 is 0 Å². The lowest BCUT2D eigenvalue weighted by Crippen LogP contribution is -2.16. The lowest BCUT2D eigenvalue weighted by Gasteiger charge is -2.05. The van der Waals surface area contributed by atoms with Crippen molar-refractivity contribution in [2.24, 2.45) is 5.73 Å². The van der Waals surface area contributed by atoms with Gasteiger partial charge >= 0.3 is 5.97 Å². The lowest BCUT2D eigenvalue weighted by atomic mass is 9.98. The quantitative estimate of drug-likeness (QED) is 0.352. The minimum atomic E-state index is -1.09.